The first-order chi connectivity index (χ1) is 9.08. The maximum atomic E-state index is 10.9. The molecule has 0 aliphatic heterocycles. The highest BCUT2D eigenvalue weighted by atomic mass is 79.9. The fourth-order valence-corrected chi connectivity index (χ4v) is 3.07. The summed E-state index contributed by atoms with van der Waals surface area (Å²) in [6.45, 7) is 2.98. The summed E-state index contributed by atoms with van der Waals surface area (Å²) in [5.41, 5.74) is 1.10. The van der Waals surface area contributed by atoms with Crippen molar-refractivity contribution < 1.29 is 4.92 Å². The zero-order chi connectivity index (χ0) is 13.8. The molecule has 4 nitrogen and oxygen atoms in total. The Morgan fingerprint density at radius 2 is 2.16 bits per heavy atom. The molecule has 0 heterocycles. The molecule has 0 amide bonds. The monoisotopic (exact) mass is 326 g/mol. The van der Waals surface area contributed by atoms with E-state index < -0.39 is 0 Å². The molecule has 5 heteroatoms. The van der Waals surface area contributed by atoms with Gasteiger partial charge >= 0.3 is 0 Å². The quantitative estimate of drug-likeness (QED) is 0.671. The lowest BCUT2D eigenvalue weighted by molar-refractivity contribution is -0.385. The van der Waals surface area contributed by atoms with E-state index in [0.717, 1.165) is 5.56 Å². The van der Waals surface area contributed by atoms with Crippen LogP contribution in [-0.4, -0.2) is 11.0 Å². The van der Waals surface area contributed by atoms with E-state index in [4.69, 9.17) is 0 Å². The van der Waals surface area contributed by atoms with Crippen LogP contribution >= 0.6 is 15.9 Å². The molecule has 1 aromatic carbocycles. The van der Waals surface area contributed by atoms with Crippen molar-refractivity contribution in [2.75, 3.05) is 0 Å². The van der Waals surface area contributed by atoms with Crippen molar-refractivity contribution in [2.45, 2.75) is 45.2 Å². The summed E-state index contributed by atoms with van der Waals surface area (Å²) in [7, 11) is 0. The number of nitro groups is 1. The third-order valence-electron chi connectivity index (χ3n) is 3.89. The predicted molar refractivity (Wildman–Crippen MR) is 79.1 cm³/mol. The van der Waals surface area contributed by atoms with Crippen molar-refractivity contribution in [3.8, 4) is 0 Å². The van der Waals surface area contributed by atoms with Crippen LogP contribution in [0.4, 0.5) is 5.69 Å². The maximum Gasteiger partial charge on any atom is 0.283 e. The first-order valence-electron chi connectivity index (χ1n) is 6.74. The molecule has 1 aliphatic rings. The Kier molecular flexibility index (Phi) is 4.93. The second-order valence-corrected chi connectivity index (χ2v) is 6.15. The first kappa shape index (κ1) is 14.5. The zero-order valence-electron chi connectivity index (χ0n) is 11.1. The normalized spacial score (nSPS) is 23.3. The third kappa shape index (κ3) is 3.76. The van der Waals surface area contributed by atoms with Crippen LogP contribution in [0, 0.1) is 16.0 Å². The molecule has 1 aliphatic carbocycles. The number of rotatable bonds is 4. The molecule has 1 fully saturated rings. The number of hydrogen-bond donors (Lipinski definition) is 1. The molecule has 2 rings (SSSR count). The topological polar surface area (TPSA) is 55.2 Å². The molecular weight excluding hydrogens is 308 g/mol. The van der Waals surface area contributed by atoms with Gasteiger partial charge in [-0.2, -0.15) is 0 Å². The Bertz CT molecular complexity index is 465. The summed E-state index contributed by atoms with van der Waals surface area (Å²) >= 11 is 3.21. The van der Waals surface area contributed by atoms with Gasteiger partial charge in [0.2, 0.25) is 0 Å². The summed E-state index contributed by atoms with van der Waals surface area (Å²) in [6, 6.07) is 5.86. The molecule has 2 atom stereocenters. The van der Waals surface area contributed by atoms with Crippen LogP contribution in [0.5, 0.6) is 0 Å². The van der Waals surface area contributed by atoms with Crippen LogP contribution in [0.3, 0.4) is 0 Å². The Hall–Kier alpha value is -0.940. The van der Waals surface area contributed by atoms with Gasteiger partial charge in [0, 0.05) is 18.7 Å². The zero-order valence-corrected chi connectivity index (χ0v) is 12.6. The predicted octanol–water partition coefficient (Wildman–Crippen LogP) is 4.03. The van der Waals surface area contributed by atoms with Crippen LogP contribution in [0.1, 0.15) is 38.2 Å². The van der Waals surface area contributed by atoms with Crippen molar-refractivity contribution >= 4 is 21.6 Å². The van der Waals surface area contributed by atoms with E-state index in [1.165, 1.54) is 25.7 Å². The highest BCUT2D eigenvalue weighted by Crippen LogP contribution is 2.27. The molecule has 0 spiro atoms. The van der Waals surface area contributed by atoms with Crippen molar-refractivity contribution in [1.82, 2.24) is 5.32 Å². The summed E-state index contributed by atoms with van der Waals surface area (Å²) in [4.78, 5) is 10.5. The van der Waals surface area contributed by atoms with Crippen molar-refractivity contribution in [2.24, 2.45) is 5.92 Å². The Morgan fingerprint density at radius 1 is 1.42 bits per heavy atom. The van der Waals surface area contributed by atoms with E-state index >= 15 is 0 Å². The van der Waals surface area contributed by atoms with Crippen LogP contribution < -0.4 is 5.32 Å². The average Bonchev–Trinajstić information content (AvgIpc) is 2.39. The van der Waals surface area contributed by atoms with Crippen molar-refractivity contribution in [3.63, 3.8) is 0 Å². The Morgan fingerprint density at radius 3 is 2.84 bits per heavy atom. The number of nitro benzene ring substituents is 1. The van der Waals surface area contributed by atoms with Gasteiger partial charge in [-0.1, -0.05) is 25.8 Å². The minimum Gasteiger partial charge on any atom is -0.310 e. The van der Waals surface area contributed by atoms with Gasteiger partial charge in [0.15, 0.2) is 0 Å². The summed E-state index contributed by atoms with van der Waals surface area (Å²) < 4.78 is 0.535. The van der Waals surface area contributed by atoms with Gasteiger partial charge in [-0.05, 0) is 46.3 Å². The molecule has 0 radical (unpaired) electrons. The number of hydrogen-bond acceptors (Lipinski definition) is 3. The Labute approximate surface area is 121 Å². The maximum absolute atomic E-state index is 10.9. The lowest BCUT2D eigenvalue weighted by Crippen LogP contribution is -2.36. The van der Waals surface area contributed by atoms with E-state index in [0.29, 0.717) is 23.0 Å². The Balaban J connectivity index is 1.99. The summed E-state index contributed by atoms with van der Waals surface area (Å²) in [5, 5.41) is 14.4. The highest BCUT2D eigenvalue weighted by molar-refractivity contribution is 9.10. The molecule has 1 saturated carbocycles. The standard InChI is InChI=1S/C14H19BrN2O2/c1-10-4-2-3-5-13(10)16-9-11-6-7-12(15)14(8-11)17(18)19/h6-8,10,13,16H,2-5,9H2,1H3. The van der Waals surface area contributed by atoms with Crippen LogP contribution in [0.2, 0.25) is 0 Å². The van der Waals surface area contributed by atoms with E-state index in [1.54, 1.807) is 12.1 Å². The van der Waals surface area contributed by atoms with Gasteiger partial charge < -0.3 is 5.32 Å². The van der Waals surface area contributed by atoms with Crippen LogP contribution in [-0.2, 0) is 6.54 Å². The lowest BCUT2D eigenvalue weighted by atomic mass is 9.86. The van der Waals surface area contributed by atoms with Gasteiger partial charge in [0.25, 0.3) is 5.69 Å². The second-order valence-electron chi connectivity index (χ2n) is 5.29. The average molecular weight is 327 g/mol. The van der Waals surface area contributed by atoms with Gasteiger partial charge in [0.1, 0.15) is 0 Å². The minimum atomic E-state index is -0.350. The second kappa shape index (κ2) is 6.48. The molecule has 0 aromatic heterocycles. The van der Waals surface area contributed by atoms with E-state index in [2.05, 4.69) is 28.2 Å². The summed E-state index contributed by atoms with van der Waals surface area (Å²) in [6.07, 6.45) is 5.09. The molecule has 0 bridgehead atoms. The van der Waals surface area contributed by atoms with Crippen molar-refractivity contribution in [3.05, 3.63) is 38.3 Å². The molecule has 1 aromatic rings. The molecule has 2 unspecified atom stereocenters. The van der Waals surface area contributed by atoms with Gasteiger partial charge in [-0.25, -0.2) is 0 Å². The first-order valence-corrected chi connectivity index (χ1v) is 7.53. The third-order valence-corrected chi connectivity index (χ3v) is 4.56. The minimum absolute atomic E-state index is 0.135. The van der Waals surface area contributed by atoms with Gasteiger partial charge in [0.05, 0.1) is 9.40 Å². The highest BCUT2D eigenvalue weighted by Gasteiger charge is 2.20. The number of nitrogens with zero attached hydrogens (tertiary/aromatic N) is 1. The largest absolute Gasteiger partial charge is 0.310 e. The van der Waals surface area contributed by atoms with E-state index in [-0.39, 0.29) is 10.6 Å². The van der Waals surface area contributed by atoms with E-state index in [1.807, 2.05) is 6.07 Å². The number of halogens is 1. The summed E-state index contributed by atoms with van der Waals surface area (Å²) in [5.74, 6) is 0.694. The fraction of sp³-hybridized carbons (Fsp3) is 0.571. The molecule has 1 N–H and O–H groups in total. The van der Waals surface area contributed by atoms with Gasteiger partial charge in [-0.15, -0.1) is 0 Å². The van der Waals surface area contributed by atoms with Crippen LogP contribution in [0.15, 0.2) is 22.7 Å². The SMILES string of the molecule is CC1CCCCC1NCc1ccc(Br)c([N+](=O)[O-])c1. The number of nitrogens with one attached hydrogen (secondary N) is 1. The van der Waals surface area contributed by atoms with Gasteiger partial charge in [-0.3, -0.25) is 10.1 Å². The molecule has 0 saturated heterocycles. The molecule has 104 valence electrons. The lowest BCUT2D eigenvalue weighted by Gasteiger charge is -2.29. The van der Waals surface area contributed by atoms with E-state index in [9.17, 15) is 10.1 Å². The fourth-order valence-electron chi connectivity index (χ4n) is 2.68. The molecular formula is C14H19BrN2O2. The smallest absolute Gasteiger partial charge is 0.283 e. The number of benzene rings is 1. The van der Waals surface area contributed by atoms with Crippen molar-refractivity contribution in [1.29, 1.82) is 0 Å². The van der Waals surface area contributed by atoms with Crippen LogP contribution in [0.25, 0.3) is 0 Å². The molecule has 19 heavy (non-hydrogen) atoms.